The molecule has 1 aromatic carbocycles. The first kappa shape index (κ1) is 9.97. The highest BCUT2D eigenvalue weighted by atomic mass is 35.5. The number of hydrogen-bond acceptors (Lipinski definition) is 3. The number of ether oxygens (including phenoxy) is 2. The third-order valence-corrected chi connectivity index (χ3v) is 3.46. The Morgan fingerprint density at radius 1 is 1.25 bits per heavy atom. The van der Waals surface area contributed by atoms with Crippen LogP contribution in [0.5, 0.6) is 11.5 Å². The van der Waals surface area contributed by atoms with Crippen LogP contribution in [0.1, 0.15) is 23.2 Å². The predicted octanol–water partition coefficient (Wildman–Crippen LogP) is 2.70. The smallest absolute Gasteiger partial charge is 0.179 e. The van der Waals surface area contributed by atoms with Gasteiger partial charge in [0.2, 0.25) is 0 Å². The molecule has 4 heteroatoms. The molecule has 1 aliphatic carbocycles. The van der Waals surface area contributed by atoms with E-state index in [4.69, 9.17) is 21.1 Å². The van der Waals surface area contributed by atoms with Crippen LogP contribution in [0.4, 0.5) is 0 Å². The number of carbonyl (C=O) groups is 1. The van der Waals surface area contributed by atoms with E-state index in [0.29, 0.717) is 35.3 Å². The molecule has 1 heterocycles. The second-order valence-electron chi connectivity index (χ2n) is 4.53. The summed E-state index contributed by atoms with van der Waals surface area (Å²) in [6, 6.07) is 3.28. The minimum Gasteiger partial charge on any atom is -0.489 e. The lowest BCUT2D eigenvalue weighted by Gasteiger charge is -2.09. The maximum Gasteiger partial charge on any atom is 0.179 e. The second-order valence-corrected chi connectivity index (χ2v) is 4.93. The van der Waals surface area contributed by atoms with Crippen molar-refractivity contribution < 1.29 is 14.3 Å². The van der Waals surface area contributed by atoms with Crippen LogP contribution in [0.15, 0.2) is 12.1 Å². The molecule has 0 bridgehead atoms. The molecule has 3 rings (SSSR count). The van der Waals surface area contributed by atoms with Gasteiger partial charge in [0.1, 0.15) is 6.29 Å². The zero-order valence-electron chi connectivity index (χ0n) is 8.66. The van der Waals surface area contributed by atoms with Gasteiger partial charge in [-0.1, -0.05) is 11.6 Å². The summed E-state index contributed by atoms with van der Waals surface area (Å²) < 4.78 is 11.4. The molecular weight excluding hydrogens is 228 g/mol. The number of rotatable bonds is 1. The van der Waals surface area contributed by atoms with Crippen LogP contribution in [0.25, 0.3) is 0 Å². The van der Waals surface area contributed by atoms with Crippen molar-refractivity contribution in [1.29, 1.82) is 0 Å². The predicted molar refractivity (Wildman–Crippen MR) is 59.5 cm³/mol. The summed E-state index contributed by atoms with van der Waals surface area (Å²) in [4.78, 5) is 10.7. The molecule has 0 radical (unpaired) electrons. The van der Waals surface area contributed by atoms with Crippen molar-refractivity contribution >= 4 is 17.9 Å². The molecule has 0 N–H and O–H groups in total. The Hall–Kier alpha value is -1.22. The van der Waals surface area contributed by atoms with Crippen molar-refractivity contribution in [3.8, 4) is 11.5 Å². The van der Waals surface area contributed by atoms with E-state index in [1.807, 2.05) is 0 Å². The Bertz CT molecular complexity index is 452. The molecule has 1 fully saturated rings. The fraction of sp³-hybridized carbons (Fsp3) is 0.417. The summed E-state index contributed by atoms with van der Waals surface area (Å²) in [6.45, 7) is 1.30. The third kappa shape index (κ3) is 1.55. The monoisotopic (exact) mass is 238 g/mol. The van der Waals surface area contributed by atoms with Gasteiger partial charge < -0.3 is 9.47 Å². The highest BCUT2D eigenvalue weighted by Crippen LogP contribution is 2.50. The van der Waals surface area contributed by atoms with E-state index in [9.17, 15) is 4.79 Å². The number of carbonyl (C=O) groups excluding carboxylic acids is 1. The van der Waals surface area contributed by atoms with Crippen molar-refractivity contribution in [3.05, 3.63) is 22.7 Å². The SMILES string of the molecule is O=Cc1cc(Cl)c2c(c1)OCC1(CC1)CO2. The summed E-state index contributed by atoms with van der Waals surface area (Å²) in [5.41, 5.74) is 0.697. The largest absolute Gasteiger partial charge is 0.489 e. The van der Waals surface area contributed by atoms with Gasteiger partial charge in [0.15, 0.2) is 11.5 Å². The van der Waals surface area contributed by atoms with E-state index in [-0.39, 0.29) is 5.41 Å². The molecule has 0 unspecified atom stereocenters. The molecule has 3 nitrogen and oxygen atoms in total. The van der Waals surface area contributed by atoms with Crippen molar-refractivity contribution in [1.82, 2.24) is 0 Å². The summed E-state index contributed by atoms with van der Waals surface area (Å²) >= 11 is 6.05. The van der Waals surface area contributed by atoms with Gasteiger partial charge in [0, 0.05) is 11.0 Å². The molecule has 1 aliphatic heterocycles. The van der Waals surface area contributed by atoms with Crippen LogP contribution in [-0.4, -0.2) is 19.5 Å². The zero-order chi connectivity index (χ0) is 11.2. The number of fused-ring (bicyclic) bond motifs is 1. The molecule has 1 spiro atoms. The quantitative estimate of drug-likeness (QED) is 0.706. The number of aldehydes is 1. The molecule has 0 atom stereocenters. The standard InChI is InChI=1S/C12H11ClO3/c13-9-3-8(5-14)4-10-11(9)16-7-12(1-2-12)6-15-10/h3-5H,1-2,6-7H2. The van der Waals surface area contributed by atoms with Gasteiger partial charge in [-0.3, -0.25) is 4.79 Å². The van der Waals surface area contributed by atoms with Crippen molar-refractivity contribution in [2.45, 2.75) is 12.8 Å². The first-order chi connectivity index (χ1) is 7.72. The van der Waals surface area contributed by atoms with Gasteiger partial charge in [-0.15, -0.1) is 0 Å². The van der Waals surface area contributed by atoms with Gasteiger partial charge in [-0.2, -0.15) is 0 Å². The van der Waals surface area contributed by atoms with Crippen molar-refractivity contribution in [2.24, 2.45) is 5.41 Å². The van der Waals surface area contributed by atoms with E-state index in [1.165, 1.54) is 0 Å². The summed E-state index contributed by atoms with van der Waals surface area (Å²) in [7, 11) is 0. The molecule has 1 saturated carbocycles. The lowest BCUT2D eigenvalue weighted by atomic mass is 10.1. The highest BCUT2D eigenvalue weighted by molar-refractivity contribution is 6.32. The van der Waals surface area contributed by atoms with Gasteiger partial charge >= 0.3 is 0 Å². The molecule has 84 valence electrons. The Labute approximate surface area is 98.3 Å². The number of benzene rings is 1. The fourth-order valence-corrected chi connectivity index (χ4v) is 2.14. The van der Waals surface area contributed by atoms with Crippen LogP contribution < -0.4 is 9.47 Å². The Morgan fingerprint density at radius 2 is 2.00 bits per heavy atom. The lowest BCUT2D eigenvalue weighted by Crippen LogP contribution is -2.17. The van der Waals surface area contributed by atoms with Gasteiger partial charge in [-0.25, -0.2) is 0 Å². The first-order valence-electron chi connectivity index (χ1n) is 5.27. The normalized spacial score (nSPS) is 20.3. The Kier molecular flexibility index (Phi) is 2.11. The minimum atomic E-state index is 0.184. The summed E-state index contributed by atoms with van der Waals surface area (Å²) in [5, 5.41) is 0.442. The van der Waals surface area contributed by atoms with E-state index in [2.05, 4.69) is 0 Å². The maximum absolute atomic E-state index is 10.7. The van der Waals surface area contributed by atoms with E-state index >= 15 is 0 Å². The van der Waals surface area contributed by atoms with Crippen molar-refractivity contribution in [2.75, 3.05) is 13.2 Å². The topological polar surface area (TPSA) is 35.5 Å². The summed E-state index contributed by atoms with van der Waals surface area (Å²) in [6.07, 6.45) is 3.03. The Morgan fingerprint density at radius 3 is 2.69 bits per heavy atom. The second kappa shape index (κ2) is 3.39. The van der Waals surface area contributed by atoms with Gasteiger partial charge in [0.05, 0.1) is 18.2 Å². The molecule has 2 aliphatic rings. The fourth-order valence-electron chi connectivity index (χ4n) is 1.87. The average molecular weight is 239 g/mol. The Balaban J connectivity index is 1.99. The molecule has 0 amide bonds. The third-order valence-electron chi connectivity index (χ3n) is 3.18. The number of hydrogen-bond donors (Lipinski definition) is 0. The van der Waals surface area contributed by atoms with Gasteiger partial charge in [0.25, 0.3) is 0 Å². The molecule has 0 saturated heterocycles. The van der Waals surface area contributed by atoms with Crippen LogP contribution >= 0.6 is 11.6 Å². The molecular formula is C12H11ClO3. The molecule has 16 heavy (non-hydrogen) atoms. The van der Waals surface area contributed by atoms with Crippen LogP contribution in [-0.2, 0) is 0 Å². The maximum atomic E-state index is 10.7. The minimum absolute atomic E-state index is 0.184. The van der Waals surface area contributed by atoms with E-state index in [0.717, 1.165) is 19.1 Å². The zero-order valence-corrected chi connectivity index (χ0v) is 9.42. The average Bonchev–Trinajstić information content (AvgIpc) is 3.07. The summed E-state index contributed by atoms with van der Waals surface area (Å²) in [5.74, 6) is 1.15. The van der Waals surface area contributed by atoms with E-state index in [1.54, 1.807) is 12.1 Å². The van der Waals surface area contributed by atoms with Crippen LogP contribution in [0.2, 0.25) is 5.02 Å². The highest BCUT2D eigenvalue weighted by Gasteiger charge is 2.46. The van der Waals surface area contributed by atoms with Crippen LogP contribution in [0.3, 0.4) is 0 Å². The van der Waals surface area contributed by atoms with Crippen LogP contribution in [0, 0.1) is 5.41 Å². The lowest BCUT2D eigenvalue weighted by molar-refractivity contribution is 0.112. The van der Waals surface area contributed by atoms with Crippen molar-refractivity contribution in [3.63, 3.8) is 0 Å². The van der Waals surface area contributed by atoms with Gasteiger partial charge in [-0.05, 0) is 25.0 Å². The first-order valence-corrected chi connectivity index (χ1v) is 5.65. The molecule has 1 aromatic rings. The van der Waals surface area contributed by atoms with E-state index < -0.39 is 0 Å². The number of halogens is 1. The molecule has 0 aromatic heterocycles.